The quantitative estimate of drug-likeness (QED) is 0.830. The third-order valence-corrected chi connectivity index (χ3v) is 6.85. The lowest BCUT2D eigenvalue weighted by Crippen LogP contribution is -2.78. The van der Waals surface area contributed by atoms with Crippen LogP contribution in [0, 0.1) is 11.8 Å². The maximum absolute atomic E-state index is 12.3. The fraction of sp³-hybridized carbons (Fsp3) is 0.632. The number of nitrogens with zero attached hydrogens (tertiary/aromatic N) is 1. The van der Waals surface area contributed by atoms with Gasteiger partial charge in [0.1, 0.15) is 5.78 Å². The van der Waals surface area contributed by atoms with Gasteiger partial charge in [0.15, 0.2) is 0 Å². The van der Waals surface area contributed by atoms with Crippen LogP contribution in [0.2, 0.25) is 0 Å². The maximum atomic E-state index is 12.3. The number of rotatable bonds is 2. The highest BCUT2D eigenvalue weighted by molar-refractivity contribution is 5.85. The largest absolute Gasteiger partial charge is 0.299 e. The van der Waals surface area contributed by atoms with Crippen LogP contribution in [0.4, 0.5) is 0 Å². The second-order valence-electron chi connectivity index (χ2n) is 8.03. The molecule has 0 N–H and O–H groups in total. The van der Waals surface area contributed by atoms with Gasteiger partial charge in [0.25, 0.3) is 0 Å². The van der Waals surface area contributed by atoms with Crippen LogP contribution in [0.25, 0.3) is 0 Å². The summed E-state index contributed by atoms with van der Waals surface area (Å²) < 4.78 is 0. The van der Waals surface area contributed by atoms with Gasteiger partial charge >= 0.3 is 0 Å². The Morgan fingerprint density at radius 1 is 0.952 bits per heavy atom. The average Bonchev–Trinajstić information content (AvgIpc) is 2.38. The molecule has 0 aromatic heterocycles. The molecule has 1 aromatic carbocycles. The fourth-order valence-electron chi connectivity index (χ4n) is 5.75. The van der Waals surface area contributed by atoms with Crippen molar-refractivity contribution in [2.75, 3.05) is 13.1 Å². The van der Waals surface area contributed by atoms with E-state index in [9.17, 15) is 4.79 Å². The number of benzene rings is 1. The molecule has 1 aromatic rings. The summed E-state index contributed by atoms with van der Waals surface area (Å²) in [4.78, 5) is 15.0. The fourth-order valence-corrected chi connectivity index (χ4v) is 5.75. The van der Waals surface area contributed by atoms with Crippen LogP contribution in [0.1, 0.15) is 44.1 Å². The van der Waals surface area contributed by atoms with E-state index in [0.29, 0.717) is 28.6 Å². The Balaban J connectivity index is 1.33. The van der Waals surface area contributed by atoms with Crippen LogP contribution in [-0.4, -0.2) is 29.3 Å². The van der Waals surface area contributed by atoms with E-state index >= 15 is 0 Å². The number of ketones is 1. The van der Waals surface area contributed by atoms with Gasteiger partial charge < -0.3 is 0 Å². The first kappa shape index (κ1) is 12.4. The summed E-state index contributed by atoms with van der Waals surface area (Å²) in [7, 11) is 0. The molecule has 5 aliphatic rings. The van der Waals surface area contributed by atoms with E-state index in [-0.39, 0.29) is 0 Å². The summed E-state index contributed by atoms with van der Waals surface area (Å²) in [6, 6.07) is 11.1. The number of fused-ring (bicyclic) bond motifs is 2. The molecule has 21 heavy (non-hydrogen) atoms. The van der Waals surface area contributed by atoms with Crippen molar-refractivity contribution < 1.29 is 4.79 Å². The highest BCUT2D eigenvalue weighted by Crippen LogP contribution is 2.70. The predicted molar refractivity (Wildman–Crippen MR) is 82.1 cm³/mol. The molecular formula is C19H23NO. The monoisotopic (exact) mass is 281 g/mol. The summed E-state index contributed by atoms with van der Waals surface area (Å²) in [5.74, 6) is 1.31. The first-order chi connectivity index (χ1) is 10.2. The Hall–Kier alpha value is -1.15. The third kappa shape index (κ3) is 1.55. The lowest BCUT2D eigenvalue weighted by atomic mass is 9.36. The van der Waals surface area contributed by atoms with Crippen molar-refractivity contribution in [3.05, 3.63) is 35.9 Å². The Kier molecular flexibility index (Phi) is 2.35. The second kappa shape index (κ2) is 3.98. The number of likely N-dealkylation sites (tertiary alicyclic amines) is 1. The number of hydrogen-bond donors (Lipinski definition) is 0. The lowest BCUT2D eigenvalue weighted by Gasteiger charge is -2.75. The van der Waals surface area contributed by atoms with Crippen LogP contribution >= 0.6 is 0 Å². The zero-order valence-corrected chi connectivity index (χ0v) is 12.6. The molecule has 2 heteroatoms. The van der Waals surface area contributed by atoms with Gasteiger partial charge in [-0.15, -0.1) is 0 Å². The van der Waals surface area contributed by atoms with Crippen LogP contribution in [0.15, 0.2) is 30.3 Å². The summed E-state index contributed by atoms with van der Waals surface area (Å²) in [5, 5.41) is 0. The van der Waals surface area contributed by atoms with E-state index in [1.54, 1.807) is 5.56 Å². The maximum Gasteiger partial charge on any atom is 0.141 e. The zero-order valence-electron chi connectivity index (χ0n) is 12.6. The minimum atomic E-state index is 0.360. The van der Waals surface area contributed by atoms with Gasteiger partial charge in [-0.1, -0.05) is 36.8 Å². The lowest BCUT2D eigenvalue weighted by molar-refractivity contribution is -0.190. The number of hydrogen-bond acceptors (Lipinski definition) is 2. The molecule has 5 fully saturated rings. The van der Waals surface area contributed by atoms with Gasteiger partial charge in [-0.3, -0.25) is 9.69 Å². The number of carbonyl (C=O) groups is 1. The molecule has 4 saturated carbocycles. The molecule has 1 heterocycles. The first-order valence-electron chi connectivity index (χ1n) is 8.55. The van der Waals surface area contributed by atoms with Gasteiger partial charge in [-0.25, -0.2) is 0 Å². The topological polar surface area (TPSA) is 20.3 Å². The Bertz CT molecular complexity index is 557. The molecule has 0 amide bonds. The van der Waals surface area contributed by atoms with E-state index in [1.165, 1.54) is 25.7 Å². The Morgan fingerprint density at radius 3 is 2.19 bits per heavy atom. The molecule has 4 bridgehead atoms. The standard InChI is InChI=1S/C19H23NO/c21-17-14-5-4-6-15(17)10-20(9-14)19-11-18(12-19,13-19)16-7-2-1-3-8-16/h1-3,7-8,14-15H,4-6,9-13H2. The minimum absolute atomic E-state index is 0.360. The van der Waals surface area contributed by atoms with Crippen LogP contribution < -0.4 is 0 Å². The molecule has 1 saturated heterocycles. The van der Waals surface area contributed by atoms with Crippen molar-refractivity contribution >= 4 is 5.78 Å². The van der Waals surface area contributed by atoms with Crippen molar-refractivity contribution in [1.82, 2.24) is 4.90 Å². The average molecular weight is 281 g/mol. The van der Waals surface area contributed by atoms with Crippen LogP contribution in [0.5, 0.6) is 0 Å². The summed E-state index contributed by atoms with van der Waals surface area (Å²) in [5.41, 5.74) is 2.49. The highest BCUT2D eigenvalue weighted by atomic mass is 16.1. The van der Waals surface area contributed by atoms with Crippen molar-refractivity contribution in [2.45, 2.75) is 49.5 Å². The van der Waals surface area contributed by atoms with E-state index in [1.807, 2.05) is 0 Å². The molecule has 0 spiro atoms. The molecule has 6 rings (SSSR count). The third-order valence-electron chi connectivity index (χ3n) is 6.85. The molecule has 4 aliphatic carbocycles. The molecule has 2 unspecified atom stereocenters. The van der Waals surface area contributed by atoms with Crippen LogP contribution in [0.3, 0.4) is 0 Å². The van der Waals surface area contributed by atoms with Gasteiger partial charge in [-0.2, -0.15) is 0 Å². The molecule has 2 atom stereocenters. The molecule has 2 nitrogen and oxygen atoms in total. The smallest absolute Gasteiger partial charge is 0.141 e. The highest BCUT2D eigenvalue weighted by Gasteiger charge is 2.71. The first-order valence-corrected chi connectivity index (χ1v) is 8.55. The van der Waals surface area contributed by atoms with Gasteiger partial charge in [0.05, 0.1) is 0 Å². The van der Waals surface area contributed by atoms with Gasteiger partial charge in [0.2, 0.25) is 0 Å². The van der Waals surface area contributed by atoms with E-state index in [2.05, 4.69) is 35.2 Å². The molecular weight excluding hydrogens is 258 g/mol. The number of carbonyl (C=O) groups excluding carboxylic acids is 1. The predicted octanol–water partition coefficient (Wildman–Crippen LogP) is 3.16. The summed E-state index contributed by atoms with van der Waals surface area (Å²) >= 11 is 0. The Morgan fingerprint density at radius 2 is 1.57 bits per heavy atom. The van der Waals surface area contributed by atoms with Crippen molar-refractivity contribution in [1.29, 1.82) is 0 Å². The van der Waals surface area contributed by atoms with Crippen LogP contribution in [-0.2, 0) is 10.2 Å². The normalized spacial score (nSPS) is 44.9. The Labute approximate surface area is 126 Å². The second-order valence-corrected chi connectivity index (χ2v) is 8.03. The molecule has 0 radical (unpaired) electrons. The molecule has 110 valence electrons. The van der Waals surface area contributed by atoms with Crippen molar-refractivity contribution in [3.8, 4) is 0 Å². The number of piperidine rings is 1. The number of Topliss-reactive ketones (excluding diaryl/α,β-unsaturated/α-hetero) is 1. The van der Waals surface area contributed by atoms with Gasteiger partial charge in [0, 0.05) is 35.9 Å². The minimum Gasteiger partial charge on any atom is -0.299 e. The van der Waals surface area contributed by atoms with E-state index < -0.39 is 0 Å². The van der Waals surface area contributed by atoms with Crippen molar-refractivity contribution in [3.63, 3.8) is 0 Å². The summed E-state index contributed by atoms with van der Waals surface area (Å²) in [6.07, 6.45) is 7.56. The van der Waals surface area contributed by atoms with E-state index in [0.717, 1.165) is 25.9 Å². The molecule has 1 aliphatic heterocycles. The van der Waals surface area contributed by atoms with Gasteiger partial charge in [-0.05, 0) is 37.7 Å². The van der Waals surface area contributed by atoms with Crippen molar-refractivity contribution in [2.24, 2.45) is 11.8 Å². The van der Waals surface area contributed by atoms with E-state index in [4.69, 9.17) is 0 Å². The zero-order chi connectivity index (χ0) is 14.1. The summed E-state index contributed by atoms with van der Waals surface area (Å²) in [6.45, 7) is 2.11. The SMILES string of the molecule is O=C1C2CCCC1CN(C13CC(c4ccccc4)(C1)C3)C2.